The van der Waals surface area contributed by atoms with E-state index in [2.05, 4.69) is 4.74 Å². The quantitative estimate of drug-likeness (QED) is 0.335. The lowest BCUT2D eigenvalue weighted by Crippen LogP contribution is -2.05. The molecule has 0 aliphatic carbocycles. The first-order valence-corrected chi connectivity index (χ1v) is 4.80. The Labute approximate surface area is 92.2 Å². The molecule has 1 N–H and O–H groups in total. The van der Waals surface area contributed by atoms with Crippen LogP contribution >= 0.6 is 0 Å². The summed E-state index contributed by atoms with van der Waals surface area (Å²) in [6, 6.07) is 6.93. The molecule has 1 fully saturated rings. The molecule has 0 bridgehead atoms. The van der Waals surface area contributed by atoms with Crippen molar-refractivity contribution >= 4 is 17.5 Å². The molecule has 0 radical (unpaired) electrons. The summed E-state index contributed by atoms with van der Waals surface area (Å²) in [5.41, 5.74) is 1.12. The number of ketones is 1. The van der Waals surface area contributed by atoms with E-state index in [0.29, 0.717) is 5.56 Å². The van der Waals surface area contributed by atoms with Crippen molar-refractivity contribution in [3.05, 3.63) is 41.0 Å². The zero-order chi connectivity index (χ0) is 11.7. The van der Waals surface area contributed by atoms with E-state index in [4.69, 9.17) is 0 Å². The highest BCUT2D eigenvalue weighted by Crippen LogP contribution is 2.21. The number of hydrogen-bond donors (Lipinski definition) is 1. The molecule has 0 saturated carbocycles. The maximum absolute atomic E-state index is 11.3. The molecule has 82 valence electrons. The number of aryl methyl sites for hydroxylation is 1. The van der Waals surface area contributed by atoms with Gasteiger partial charge in [0.05, 0.1) is 0 Å². The number of carbonyl (C=O) groups excluding carboxylic acids is 2. The number of cyclic esters (lactones) is 1. The van der Waals surface area contributed by atoms with Gasteiger partial charge in [-0.25, -0.2) is 4.79 Å². The molecule has 1 aliphatic heterocycles. The zero-order valence-corrected chi connectivity index (χ0v) is 8.69. The summed E-state index contributed by atoms with van der Waals surface area (Å²) in [5, 5.41) is 9.84. The Hall–Kier alpha value is -2.10. The van der Waals surface area contributed by atoms with Gasteiger partial charge in [0.15, 0.2) is 6.61 Å². The van der Waals surface area contributed by atoms with Crippen molar-refractivity contribution in [3.8, 4) is 0 Å². The van der Waals surface area contributed by atoms with E-state index >= 15 is 0 Å². The third-order valence-corrected chi connectivity index (χ3v) is 2.35. The first-order chi connectivity index (χ1) is 7.59. The van der Waals surface area contributed by atoms with E-state index in [1.807, 2.05) is 13.0 Å². The smallest absolute Gasteiger partial charge is 0.346 e. The Bertz CT molecular complexity index is 481. The average Bonchev–Trinajstić information content (AvgIpc) is 2.58. The van der Waals surface area contributed by atoms with Crippen LogP contribution in [0.1, 0.15) is 11.1 Å². The summed E-state index contributed by atoms with van der Waals surface area (Å²) in [7, 11) is 0. The molecule has 0 spiro atoms. The molecule has 0 unspecified atom stereocenters. The molecular formula is C12H10O4. The third kappa shape index (κ3) is 1.69. The normalized spacial score (nSPS) is 18.6. The highest BCUT2D eigenvalue weighted by Gasteiger charge is 2.32. The van der Waals surface area contributed by atoms with E-state index in [1.165, 1.54) is 0 Å². The lowest BCUT2D eigenvalue weighted by molar-refractivity contribution is -0.135. The van der Waals surface area contributed by atoms with Gasteiger partial charge in [-0.05, 0) is 13.0 Å². The summed E-state index contributed by atoms with van der Waals surface area (Å²) in [6.07, 6.45) is 0. The maximum Gasteiger partial charge on any atom is 0.346 e. The lowest BCUT2D eigenvalue weighted by Gasteiger charge is -2.02. The minimum Gasteiger partial charge on any atom is -0.506 e. The van der Waals surface area contributed by atoms with Crippen molar-refractivity contribution in [2.75, 3.05) is 6.61 Å². The minimum absolute atomic E-state index is 0.259. The van der Waals surface area contributed by atoms with Crippen LogP contribution in [-0.2, 0) is 14.3 Å². The van der Waals surface area contributed by atoms with Crippen LogP contribution in [0.25, 0.3) is 5.76 Å². The number of aliphatic hydroxyl groups is 1. The van der Waals surface area contributed by atoms with Gasteiger partial charge in [-0.2, -0.15) is 0 Å². The van der Waals surface area contributed by atoms with Gasteiger partial charge in [0, 0.05) is 5.56 Å². The lowest BCUT2D eigenvalue weighted by atomic mass is 10.0. The van der Waals surface area contributed by atoms with Crippen LogP contribution in [0.15, 0.2) is 29.8 Å². The van der Waals surface area contributed by atoms with Crippen molar-refractivity contribution in [1.82, 2.24) is 0 Å². The fraction of sp³-hybridized carbons (Fsp3) is 0.167. The van der Waals surface area contributed by atoms with Crippen molar-refractivity contribution in [3.63, 3.8) is 0 Å². The van der Waals surface area contributed by atoms with Gasteiger partial charge in [-0.3, -0.25) is 4.79 Å². The minimum atomic E-state index is -0.760. The second kappa shape index (κ2) is 3.81. The predicted molar refractivity (Wildman–Crippen MR) is 56.7 cm³/mol. The molecule has 1 saturated heterocycles. The molecule has 1 heterocycles. The summed E-state index contributed by atoms with van der Waals surface area (Å²) in [5.74, 6) is -1.55. The predicted octanol–water partition coefficient (Wildman–Crippen LogP) is 1.39. The van der Waals surface area contributed by atoms with Crippen LogP contribution in [0.2, 0.25) is 0 Å². The average molecular weight is 218 g/mol. The molecular weight excluding hydrogens is 208 g/mol. The zero-order valence-electron chi connectivity index (χ0n) is 8.69. The highest BCUT2D eigenvalue weighted by atomic mass is 16.5. The maximum atomic E-state index is 11.3. The topological polar surface area (TPSA) is 63.6 Å². The summed E-state index contributed by atoms with van der Waals surface area (Å²) >= 11 is 0. The largest absolute Gasteiger partial charge is 0.506 e. The standard InChI is InChI=1S/C12H10O4/c1-7-3-2-4-8(5-7)11(14)10-9(13)6-16-12(10)15/h2-5,14H,6H2,1H3/b11-10+. The highest BCUT2D eigenvalue weighted by molar-refractivity contribution is 6.25. The van der Waals surface area contributed by atoms with Gasteiger partial charge in [-0.1, -0.05) is 23.8 Å². The molecule has 1 aromatic carbocycles. The molecule has 1 aliphatic rings. The van der Waals surface area contributed by atoms with Gasteiger partial charge in [0.1, 0.15) is 11.3 Å². The number of ether oxygens (including phenoxy) is 1. The first-order valence-electron chi connectivity index (χ1n) is 4.80. The number of aliphatic hydroxyl groups excluding tert-OH is 1. The molecule has 16 heavy (non-hydrogen) atoms. The first kappa shape index (κ1) is 10.4. The molecule has 0 aromatic heterocycles. The summed E-state index contributed by atoms with van der Waals surface area (Å²) in [4.78, 5) is 22.5. The monoisotopic (exact) mass is 218 g/mol. The van der Waals surface area contributed by atoms with Gasteiger partial charge < -0.3 is 9.84 Å². The summed E-state index contributed by atoms with van der Waals surface area (Å²) in [6.45, 7) is 1.57. The van der Waals surface area contributed by atoms with Crippen LogP contribution in [-0.4, -0.2) is 23.5 Å². The Morgan fingerprint density at radius 1 is 1.38 bits per heavy atom. The fourth-order valence-corrected chi connectivity index (χ4v) is 1.55. The second-order valence-electron chi connectivity index (χ2n) is 3.59. The van der Waals surface area contributed by atoms with Gasteiger partial charge in [0.2, 0.25) is 5.78 Å². The van der Waals surface area contributed by atoms with Crippen LogP contribution in [0, 0.1) is 6.92 Å². The van der Waals surface area contributed by atoms with Crippen molar-refractivity contribution in [2.24, 2.45) is 0 Å². The third-order valence-electron chi connectivity index (χ3n) is 2.35. The van der Waals surface area contributed by atoms with Crippen LogP contribution in [0.3, 0.4) is 0 Å². The van der Waals surface area contributed by atoms with E-state index in [1.54, 1.807) is 18.2 Å². The Kier molecular flexibility index (Phi) is 2.48. The van der Waals surface area contributed by atoms with E-state index in [0.717, 1.165) is 5.56 Å². The number of esters is 1. The van der Waals surface area contributed by atoms with Gasteiger partial charge in [0.25, 0.3) is 0 Å². The van der Waals surface area contributed by atoms with E-state index in [9.17, 15) is 14.7 Å². The Morgan fingerprint density at radius 2 is 2.12 bits per heavy atom. The number of carbonyl (C=O) groups is 2. The molecule has 0 atom stereocenters. The number of benzene rings is 1. The Balaban J connectivity index is 2.52. The van der Waals surface area contributed by atoms with Gasteiger partial charge >= 0.3 is 5.97 Å². The van der Waals surface area contributed by atoms with Crippen molar-refractivity contribution in [2.45, 2.75) is 6.92 Å². The number of Topliss-reactive ketones (excluding diaryl/α,β-unsaturated/α-hetero) is 1. The summed E-state index contributed by atoms with van der Waals surface area (Å²) < 4.78 is 4.54. The number of hydrogen-bond acceptors (Lipinski definition) is 4. The van der Waals surface area contributed by atoms with Crippen molar-refractivity contribution < 1.29 is 19.4 Å². The van der Waals surface area contributed by atoms with Crippen LogP contribution in [0.4, 0.5) is 0 Å². The van der Waals surface area contributed by atoms with Crippen LogP contribution in [0.5, 0.6) is 0 Å². The van der Waals surface area contributed by atoms with E-state index in [-0.39, 0.29) is 17.9 Å². The van der Waals surface area contributed by atoms with E-state index < -0.39 is 11.8 Å². The molecule has 2 rings (SSSR count). The van der Waals surface area contributed by atoms with Crippen molar-refractivity contribution in [1.29, 1.82) is 0 Å². The molecule has 0 amide bonds. The SMILES string of the molecule is Cc1cccc(/C(O)=C2/C(=O)COC2=O)c1. The van der Waals surface area contributed by atoms with Crippen LogP contribution < -0.4 is 0 Å². The number of rotatable bonds is 1. The fourth-order valence-electron chi connectivity index (χ4n) is 1.55. The molecule has 1 aromatic rings. The molecule has 4 heteroatoms. The molecule has 4 nitrogen and oxygen atoms in total. The Morgan fingerprint density at radius 3 is 2.69 bits per heavy atom. The second-order valence-corrected chi connectivity index (χ2v) is 3.59. The van der Waals surface area contributed by atoms with Gasteiger partial charge in [-0.15, -0.1) is 0 Å².